The number of hydrogen-bond donors (Lipinski definition) is 0. The molecule has 230 valence electrons. The quantitative estimate of drug-likeness (QED) is 0.183. The van der Waals surface area contributed by atoms with Gasteiger partial charge in [-0.25, -0.2) is 15.0 Å². The fourth-order valence-corrected chi connectivity index (χ4v) is 6.19. The van der Waals surface area contributed by atoms with Gasteiger partial charge in [-0.2, -0.15) is 0 Å². The number of rotatable bonds is 6. The number of hydrogen-bond acceptors (Lipinski definition) is 3. The maximum atomic E-state index is 9.08. The van der Waals surface area contributed by atoms with Gasteiger partial charge in [0, 0.05) is 38.7 Å². The maximum Gasteiger partial charge on any atom is 0.164 e. The van der Waals surface area contributed by atoms with Gasteiger partial charge in [-0.15, -0.1) is 0 Å². The highest BCUT2D eigenvalue weighted by Gasteiger charge is 2.17. The summed E-state index contributed by atoms with van der Waals surface area (Å²) in [4.78, 5) is 14.5. The molecular weight excluding hydrogens is 597 g/mol. The SMILES string of the molecule is [2H]c1c([2H])c([2H])c(-c2cccc3c4c([2H])c([2H])c([2H])c([2H])c4n(-c4cccc(-c5ccc(-c6nc(-c7ccccc7)nc(-c7ccccc7)n6)cc5)c4)c23)c([2H])c1[2H]. The van der Waals surface area contributed by atoms with Crippen LogP contribution in [0.5, 0.6) is 0 Å². The lowest BCUT2D eigenvalue weighted by Crippen LogP contribution is -2.00. The molecule has 0 amide bonds. The largest absolute Gasteiger partial charge is 0.309 e. The highest BCUT2D eigenvalue weighted by Crippen LogP contribution is 2.39. The second kappa shape index (κ2) is 12.2. The van der Waals surface area contributed by atoms with E-state index in [1.807, 2.05) is 109 Å². The topological polar surface area (TPSA) is 43.6 Å². The number of fused-ring (bicyclic) bond motifs is 3. The monoisotopic (exact) mass is 635 g/mol. The van der Waals surface area contributed by atoms with Crippen LogP contribution in [-0.4, -0.2) is 19.5 Å². The van der Waals surface area contributed by atoms with E-state index in [1.165, 1.54) is 0 Å². The molecular formula is C45H30N4. The molecule has 0 radical (unpaired) electrons. The van der Waals surface area contributed by atoms with Crippen LogP contribution in [0.2, 0.25) is 0 Å². The van der Waals surface area contributed by atoms with Gasteiger partial charge in [0.25, 0.3) is 0 Å². The Morgan fingerprint density at radius 2 is 0.959 bits per heavy atom. The molecule has 9 rings (SSSR count). The van der Waals surface area contributed by atoms with Crippen LogP contribution < -0.4 is 0 Å². The molecule has 0 saturated carbocycles. The van der Waals surface area contributed by atoms with Crippen LogP contribution in [-0.2, 0) is 0 Å². The average molecular weight is 636 g/mol. The van der Waals surface area contributed by atoms with Gasteiger partial charge in [-0.3, -0.25) is 0 Å². The van der Waals surface area contributed by atoms with Crippen LogP contribution in [0.4, 0.5) is 0 Å². The molecule has 0 fully saturated rings. The summed E-state index contributed by atoms with van der Waals surface area (Å²) in [6.45, 7) is 0. The lowest BCUT2D eigenvalue weighted by atomic mass is 10.0. The molecule has 0 bridgehead atoms. The normalized spacial score (nSPS) is 13.8. The van der Waals surface area contributed by atoms with Crippen LogP contribution in [0.25, 0.3) is 83.9 Å². The van der Waals surface area contributed by atoms with Gasteiger partial charge >= 0.3 is 0 Å². The third kappa shape index (κ3) is 5.26. The molecule has 0 aliphatic heterocycles. The van der Waals surface area contributed by atoms with E-state index in [9.17, 15) is 0 Å². The summed E-state index contributed by atoms with van der Waals surface area (Å²) in [5.41, 5.74) is 5.53. The van der Waals surface area contributed by atoms with Gasteiger partial charge in [-0.1, -0.05) is 164 Å². The van der Waals surface area contributed by atoms with Gasteiger partial charge < -0.3 is 4.57 Å². The molecule has 4 nitrogen and oxygen atoms in total. The zero-order valence-corrected chi connectivity index (χ0v) is 25.9. The molecule has 0 aliphatic rings. The van der Waals surface area contributed by atoms with Crippen LogP contribution in [0.15, 0.2) is 182 Å². The van der Waals surface area contributed by atoms with Crippen molar-refractivity contribution in [1.82, 2.24) is 19.5 Å². The summed E-state index contributed by atoms with van der Waals surface area (Å²) in [5, 5.41) is 0.704. The predicted molar refractivity (Wildman–Crippen MR) is 201 cm³/mol. The minimum atomic E-state index is -0.520. The molecule has 9 aromatic rings. The van der Waals surface area contributed by atoms with Crippen LogP contribution in [0.3, 0.4) is 0 Å². The Morgan fingerprint density at radius 1 is 0.408 bits per heavy atom. The Labute approximate surface area is 297 Å². The van der Waals surface area contributed by atoms with Gasteiger partial charge in [0.05, 0.1) is 23.4 Å². The second-order valence-corrected chi connectivity index (χ2v) is 11.4. The molecule has 2 aromatic heterocycles. The highest BCUT2D eigenvalue weighted by molar-refractivity contribution is 6.13. The first-order valence-corrected chi connectivity index (χ1v) is 15.7. The van der Waals surface area contributed by atoms with Crippen molar-refractivity contribution < 1.29 is 12.3 Å². The smallest absolute Gasteiger partial charge is 0.164 e. The van der Waals surface area contributed by atoms with E-state index < -0.39 is 42.3 Å². The van der Waals surface area contributed by atoms with Crippen molar-refractivity contribution in [2.45, 2.75) is 0 Å². The van der Waals surface area contributed by atoms with Crippen LogP contribution >= 0.6 is 0 Å². The van der Waals surface area contributed by atoms with Gasteiger partial charge in [-0.05, 0) is 34.9 Å². The zero-order valence-electron chi connectivity index (χ0n) is 34.9. The first-order valence-electron chi connectivity index (χ1n) is 20.2. The van der Waals surface area contributed by atoms with E-state index in [2.05, 4.69) is 0 Å². The maximum absolute atomic E-state index is 9.08. The number of nitrogens with zero attached hydrogens (tertiary/aromatic N) is 4. The molecule has 0 spiro atoms. The van der Waals surface area contributed by atoms with E-state index >= 15 is 0 Å². The van der Waals surface area contributed by atoms with Crippen molar-refractivity contribution in [3.05, 3.63) is 182 Å². The van der Waals surface area contributed by atoms with E-state index in [1.54, 1.807) is 22.8 Å². The molecule has 0 atom stereocenters. The Hall–Kier alpha value is -6.65. The summed E-state index contributed by atoms with van der Waals surface area (Å²) in [6.07, 6.45) is 0. The van der Waals surface area contributed by atoms with E-state index in [-0.39, 0.29) is 28.6 Å². The van der Waals surface area contributed by atoms with E-state index in [0.717, 1.165) is 27.8 Å². The third-order valence-electron chi connectivity index (χ3n) is 8.47. The molecule has 0 aliphatic carbocycles. The fraction of sp³-hybridized carbons (Fsp3) is 0. The lowest BCUT2D eigenvalue weighted by Gasteiger charge is -2.13. The second-order valence-electron chi connectivity index (χ2n) is 11.4. The van der Waals surface area contributed by atoms with Gasteiger partial charge in [0.15, 0.2) is 17.5 Å². The lowest BCUT2D eigenvalue weighted by molar-refractivity contribution is 1.07. The Morgan fingerprint density at radius 3 is 1.63 bits per heavy atom. The summed E-state index contributed by atoms with van der Waals surface area (Å²) >= 11 is 0. The highest BCUT2D eigenvalue weighted by atomic mass is 15.0. The standard InChI is InChI=1S/C45H30N4/c1-4-14-32(15-5-1)38-23-13-24-40-39-22-10-11-25-41(39)49(42(38)40)37-21-12-20-36(30-37)31-26-28-35(29-27-31)45-47-43(33-16-6-2-7-17-33)46-44(48-45)34-18-8-3-9-19-34/h1-30H/i1D,4D,5D,10D,11D,14D,15D,22D,25D. The number of benzene rings is 7. The molecule has 4 heteroatoms. The molecule has 2 heterocycles. The average Bonchev–Trinajstić information content (AvgIpc) is 3.63. The molecule has 0 saturated heterocycles. The molecule has 0 unspecified atom stereocenters. The summed E-state index contributed by atoms with van der Waals surface area (Å²) in [5.74, 6) is 1.61. The van der Waals surface area contributed by atoms with Crippen molar-refractivity contribution in [2.75, 3.05) is 0 Å². The van der Waals surface area contributed by atoms with Crippen molar-refractivity contribution in [2.24, 2.45) is 0 Å². The number of aromatic nitrogens is 4. The van der Waals surface area contributed by atoms with E-state index in [0.29, 0.717) is 39.6 Å². The van der Waals surface area contributed by atoms with Crippen molar-refractivity contribution in [3.8, 4) is 62.1 Å². The van der Waals surface area contributed by atoms with E-state index in [4.69, 9.17) is 27.3 Å². The zero-order chi connectivity index (χ0) is 40.4. The minimum Gasteiger partial charge on any atom is -0.309 e. The van der Waals surface area contributed by atoms with Crippen molar-refractivity contribution >= 4 is 21.8 Å². The van der Waals surface area contributed by atoms with Gasteiger partial charge in [0.1, 0.15) is 0 Å². The van der Waals surface area contributed by atoms with Crippen molar-refractivity contribution in [1.29, 1.82) is 0 Å². The minimum absolute atomic E-state index is 0.0353. The summed E-state index contributed by atoms with van der Waals surface area (Å²) < 4.78 is 79.5. The Balaban J connectivity index is 1.22. The first-order chi connectivity index (χ1) is 28.0. The summed E-state index contributed by atoms with van der Waals surface area (Å²) in [6, 6.07) is 36.2. The Bertz CT molecular complexity index is 3010. The fourth-order valence-electron chi connectivity index (χ4n) is 6.19. The molecule has 7 aromatic carbocycles. The van der Waals surface area contributed by atoms with Crippen LogP contribution in [0.1, 0.15) is 12.3 Å². The summed E-state index contributed by atoms with van der Waals surface area (Å²) in [7, 11) is 0. The first kappa shape index (κ1) is 20.6. The Kier molecular flexibility index (Phi) is 5.11. The molecule has 0 N–H and O–H groups in total. The predicted octanol–water partition coefficient (Wildman–Crippen LogP) is 11.3. The van der Waals surface area contributed by atoms with Gasteiger partial charge in [0.2, 0.25) is 0 Å². The van der Waals surface area contributed by atoms with Crippen molar-refractivity contribution in [3.63, 3.8) is 0 Å². The number of para-hydroxylation sites is 2. The van der Waals surface area contributed by atoms with Crippen LogP contribution in [0, 0.1) is 0 Å². The third-order valence-corrected chi connectivity index (χ3v) is 8.47. The molecule has 49 heavy (non-hydrogen) atoms.